The topological polar surface area (TPSA) is 58.6 Å². The van der Waals surface area contributed by atoms with Crippen LogP contribution in [0.4, 0.5) is 4.39 Å². The second-order valence-electron chi connectivity index (χ2n) is 5.17. The Bertz CT molecular complexity index is 674. The Morgan fingerprint density at radius 3 is 2.42 bits per heavy atom. The molecular weight excluding hydrogens is 311 g/mol. The second-order valence-corrected chi connectivity index (χ2v) is 5.17. The summed E-state index contributed by atoms with van der Waals surface area (Å²) in [6.07, 6.45) is 0. The van der Waals surface area contributed by atoms with Crippen LogP contribution in [0.1, 0.15) is 10.4 Å². The molecule has 0 radical (unpaired) electrons. The Balaban J connectivity index is 1.71. The molecule has 0 atom stereocenters. The van der Waals surface area contributed by atoms with Crippen LogP contribution in [-0.4, -0.2) is 43.5 Å². The number of para-hydroxylation sites is 1. The fourth-order valence-electron chi connectivity index (χ4n) is 1.94. The van der Waals surface area contributed by atoms with Crippen LogP contribution in [0.2, 0.25) is 0 Å². The predicted octanol–water partition coefficient (Wildman–Crippen LogP) is 2.09. The fraction of sp³-hybridized carbons (Fsp3) is 0.222. The van der Waals surface area contributed by atoms with Gasteiger partial charge in [0, 0.05) is 12.6 Å². The fourth-order valence-corrected chi connectivity index (χ4v) is 1.94. The van der Waals surface area contributed by atoms with Gasteiger partial charge in [0.05, 0.1) is 13.1 Å². The maximum absolute atomic E-state index is 12.8. The van der Waals surface area contributed by atoms with Gasteiger partial charge in [-0.05, 0) is 36.4 Å². The summed E-state index contributed by atoms with van der Waals surface area (Å²) in [5.74, 6) is -0.330. The molecule has 6 heteroatoms. The first-order valence-corrected chi connectivity index (χ1v) is 7.52. The van der Waals surface area contributed by atoms with Gasteiger partial charge in [0.15, 0.2) is 0 Å². The lowest BCUT2D eigenvalue weighted by atomic mass is 10.2. The Morgan fingerprint density at radius 1 is 1.08 bits per heavy atom. The van der Waals surface area contributed by atoms with E-state index < -0.39 is 11.7 Å². The number of likely N-dealkylation sites (N-methyl/N-ethyl adjacent to an activating group) is 1. The van der Waals surface area contributed by atoms with Crippen molar-refractivity contribution in [3.05, 3.63) is 66.0 Å². The van der Waals surface area contributed by atoms with E-state index in [0.717, 1.165) is 5.75 Å². The van der Waals surface area contributed by atoms with Crippen molar-refractivity contribution in [1.82, 2.24) is 10.2 Å². The quantitative estimate of drug-likeness (QED) is 0.846. The summed E-state index contributed by atoms with van der Waals surface area (Å²) in [7, 11) is 1.64. The molecule has 2 aromatic rings. The molecule has 0 aliphatic rings. The van der Waals surface area contributed by atoms with Crippen LogP contribution in [0.3, 0.4) is 0 Å². The number of carbonyl (C=O) groups excluding carboxylic acids is 2. The number of nitrogens with zero attached hydrogens (tertiary/aromatic N) is 1. The molecule has 0 aliphatic heterocycles. The number of benzene rings is 2. The van der Waals surface area contributed by atoms with Crippen molar-refractivity contribution < 1.29 is 18.7 Å². The van der Waals surface area contributed by atoms with Gasteiger partial charge in [0.25, 0.3) is 5.91 Å². The van der Waals surface area contributed by atoms with Crippen LogP contribution in [0.25, 0.3) is 0 Å². The minimum absolute atomic E-state index is 0.127. The highest BCUT2D eigenvalue weighted by Gasteiger charge is 2.11. The first-order valence-electron chi connectivity index (χ1n) is 7.52. The minimum Gasteiger partial charge on any atom is -0.492 e. The molecule has 2 aromatic carbocycles. The Kier molecular flexibility index (Phi) is 6.31. The number of carbonyl (C=O) groups is 2. The summed E-state index contributed by atoms with van der Waals surface area (Å²) in [5, 5.41) is 2.51. The predicted molar refractivity (Wildman–Crippen MR) is 88.3 cm³/mol. The number of halogens is 1. The van der Waals surface area contributed by atoms with Crippen molar-refractivity contribution in [1.29, 1.82) is 0 Å². The van der Waals surface area contributed by atoms with Crippen LogP contribution >= 0.6 is 0 Å². The van der Waals surface area contributed by atoms with Gasteiger partial charge in [-0.1, -0.05) is 18.2 Å². The molecule has 2 rings (SSSR count). The molecule has 1 N–H and O–H groups in total. The molecule has 0 unspecified atom stereocenters. The summed E-state index contributed by atoms with van der Waals surface area (Å²) in [6.45, 7) is 0.635. The third kappa shape index (κ3) is 5.39. The van der Waals surface area contributed by atoms with Crippen LogP contribution in [0.5, 0.6) is 5.75 Å². The van der Waals surface area contributed by atoms with Crippen molar-refractivity contribution in [2.45, 2.75) is 0 Å². The molecule has 0 spiro atoms. The first kappa shape index (κ1) is 17.5. The molecule has 0 aromatic heterocycles. The average Bonchev–Trinajstić information content (AvgIpc) is 2.60. The van der Waals surface area contributed by atoms with E-state index in [4.69, 9.17) is 4.74 Å². The van der Waals surface area contributed by atoms with Crippen molar-refractivity contribution >= 4 is 11.8 Å². The summed E-state index contributed by atoms with van der Waals surface area (Å²) < 4.78 is 18.3. The number of hydrogen-bond acceptors (Lipinski definition) is 3. The summed E-state index contributed by atoms with van der Waals surface area (Å²) in [4.78, 5) is 25.3. The molecule has 0 saturated carbocycles. The van der Waals surface area contributed by atoms with Gasteiger partial charge in [0.2, 0.25) is 5.91 Å². The highest BCUT2D eigenvalue weighted by molar-refractivity contribution is 5.96. The summed E-state index contributed by atoms with van der Waals surface area (Å²) in [5.41, 5.74) is 0.305. The number of amides is 2. The zero-order valence-corrected chi connectivity index (χ0v) is 13.4. The molecule has 0 aliphatic carbocycles. The van der Waals surface area contributed by atoms with Gasteiger partial charge in [-0.3, -0.25) is 9.59 Å². The maximum Gasteiger partial charge on any atom is 0.251 e. The van der Waals surface area contributed by atoms with Gasteiger partial charge in [-0.2, -0.15) is 0 Å². The third-order valence-corrected chi connectivity index (χ3v) is 3.37. The van der Waals surface area contributed by atoms with Gasteiger partial charge in [0.1, 0.15) is 18.2 Å². The number of nitrogens with one attached hydrogen (secondary N) is 1. The van der Waals surface area contributed by atoms with Crippen molar-refractivity contribution in [2.24, 2.45) is 0 Å². The van der Waals surface area contributed by atoms with Crippen LogP contribution in [0, 0.1) is 5.82 Å². The molecule has 0 saturated heterocycles. The van der Waals surface area contributed by atoms with Gasteiger partial charge >= 0.3 is 0 Å². The van der Waals surface area contributed by atoms with E-state index in [1.807, 2.05) is 30.3 Å². The zero-order chi connectivity index (χ0) is 17.4. The van der Waals surface area contributed by atoms with Crippen LogP contribution in [-0.2, 0) is 4.79 Å². The Labute approximate surface area is 140 Å². The van der Waals surface area contributed by atoms with E-state index in [-0.39, 0.29) is 12.5 Å². The Hall–Kier alpha value is -2.89. The van der Waals surface area contributed by atoms with Crippen LogP contribution in [0.15, 0.2) is 54.6 Å². The Morgan fingerprint density at radius 2 is 1.75 bits per heavy atom. The van der Waals surface area contributed by atoms with E-state index in [1.165, 1.54) is 29.2 Å². The second kappa shape index (κ2) is 8.67. The van der Waals surface area contributed by atoms with Gasteiger partial charge < -0.3 is 15.0 Å². The smallest absolute Gasteiger partial charge is 0.251 e. The highest BCUT2D eigenvalue weighted by atomic mass is 19.1. The lowest BCUT2D eigenvalue weighted by Gasteiger charge is -2.17. The number of rotatable bonds is 7. The minimum atomic E-state index is -0.419. The number of ether oxygens (including phenoxy) is 1. The molecular formula is C18H19FN2O3. The van der Waals surface area contributed by atoms with E-state index in [2.05, 4.69) is 5.32 Å². The summed E-state index contributed by atoms with van der Waals surface area (Å²) in [6, 6.07) is 14.4. The molecule has 5 nitrogen and oxygen atoms in total. The highest BCUT2D eigenvalue weighted by Crippen LogP contribution is 2.07. The van der Waals surface area contributed by atoms with E-state index in [0.29, 0.717) is 18.7 Å². The molecule has 2 amide bonds. The first-order chi connectivity index (χ1) is 11.6. The van der Waals surface area contributed by atoms with E-state index in [1.54, 1.807) is 7.05 Å². The van der Waals surface area contributed by atoms with Crippen molar-refractivity contribution in [3.63, 3.8) is 0 Å². The largest absolute Gasteiger partial charge is 0.492 e. The average molecular weight is 330 g/mol. The summed E-state index contributed by atoms with van der Waals surface area (Å²) >= 11 is 0. The molecule has 0 bridgehead atoms. The van der Waals surface area contributed by atoms with Crippen LogP contribution < -0.4 is 10.1 Å². The molecule has 0 fully saturated rings. The molecule has 24 heavy (non-hydrogen) atoms. The van der Waals surface area contributed by atoms with Gasteiger partial charge in [-0.15, -0.1) is 0 Å². The monoisotopic (exact) mass is 330 g/mol. The third-order valence-electron chi connectivity index (χ3n) is 3.37. The zero-order valence-electron chi connectivity index (χ0n) is 13.4. The standard InChI is InChI=1S/C18H19FN2O3/c1-21(11-12-24-16-5-3-2-4-6-16)17(22)13-20-18(23)14-7-9-15(19)10-8-14/h2-10H,11-13H2,1H3,(H,20,23). The molecule has 0 heterocycles. The lowest BCUT2D eigenvalue weighted by Crippen LogP contribution is -2.39. The maximum atomic E-state index is 12.8. The number of hydrogen-bond donors (Lipinski definition) is 1. The van der Waals surface area contributed by atoms with E-state index >= 15 is 0 Å². The van der Waals surface area contributed by atoms with Gasteiger partial charge in [-0.25, -0.2) is 4.39 Å². The van der Waals surface area contributed by atoms with Crippen molar-refractivity contribution in [3.8, 4) is 5.75 Å². The normalized spacial score (nSPS) is 10.1. The SMILES string of the molecule is CN(CCOc1ccccc1)C(=O)CNC(=O)c1ccc(F)cc1. The van der Waals surface area contributed by atoms with E-state index in [9.17, 15) is 14.0 Å². The lowest BCUT2D eigenvalue weighted by molar-refractivity contribution is -0.129. The van der Waals surface area contributed by atoms with Crippen molar-refractivity contribution in [2.75, 3.05) is 26.7 Å². The molecule has 126 valence electrons.